The van der Waals surface area contributed by atoms with Gasteiger partial charge in [0.25, 0.3) is 5.69 Å². The highest BCUT2D eigenvalue weighted by Gasteiger charge is 2.16. The minimum Gasteiger partial charge on any atom is -0.330 e. The van der Waals surface area contributed by atoms with Crippen molar-refractivity contribution in [1.29, 1.82) is 0 Å². The smallest absolute Gasteiger partial charge is 0.293 e. The highest BCUT2D eigenvalue weighted by atomic mass is 16.6. The van der Waals surface area contributed by atoms with Crippen LogP contribution in [0.15, 0.2) is 18.2 Å². The summed E-state index contributed by atoms with van der Waals surface area (Å²) in [5.41, 5.74) is 6.49. The largest absolute Gasteiger partial charge is 0.330 e. The molecule has 1 unspecified atom stereocenters. The van der Waals surface area contributed by atoms with Gasteiger partial charge >= 0.3 is 0 Å². The second-order valence-corrected chi connectivity index (χ2v) is 5.22. The molecular formula is C15H23N3O3. The summed E-state index contributed by atoms with van der Waals surface area (Å²) in [6, 6.07) is 4.77. The second-order valence-electron chi connectivity index (χ2n) is 5.22. The van der Waals surface area contributed by atoms with E-state index in [1.54, 1.807) is 19.1 Å². The van der Waals surface area contributed by atoms with Crippen LogP contribution in [0.3, 0.4) is 0 Å². The molecule has 116 valence electrons. The predicted octanol–water partition coefficient (Wildman–Crippen LogP) is 3.00. The zero-order chi connectivity index (χ0) is 15.8. The Bertz CT molecular complexity index is 503. The first-order valence-corrected chi connectivity index (χ1v) is 7.22. The first-order chi connectivity index (χ1) is 9.97. The molecule has 1 atom stereocenters. The Labute approximate surface area is 124 Å². The van der Waals surface area contributed by atoms with Gasteiger partial charge in [-0.3, -0.25) is 14.9 Å². The van der Waals surface area contributed by atoms with Crippen LogP contribution in [0.25, 0.3) is 0 Å². The normalized spacial score (nSPS) is 12.0. The lowest BCUT2D eigenvalue weighted by molar-refractivity contribution is -0.384. The minimum absolute atomic E-state index is 0.0719. The Balaban J connectivity index is 2.65. The van der Waals surface area contributed by atoms with E-state index >= 15 is 0 Å². The Kier molecular flexibility index (Phi) is 6.81. The van der Waals surface area contributed by atoms with E-state index in [1.165, 1.54) is 6.07 Å². The summed E-state index contributed by atoms with van der Waals surface area (Å²) in [6.45, 7) is 4.46. The van der Waals surface area contributed by atoms with Gasteiger partial charge in [-0.2, -0.15) is 0 Å². The number of nitrogens with one attached hydrogen (secondary N) is 1. The van der Waals surface area contributed by atoms with Crippen molar-refractivity contribution in [2.24, 2.45) is 11.7 Å². The highest BCUT2D eigenvalue weighted by molar-refractivity contribution is 5.93. The highest BCUT2D eigenvalue weighted by Crippen LogP contribution is 2.25. The summed E-state index contributed by atoms with van der Waals surface area (Å²) in [6.07, 6.45) is 2.98. The monoisotopic (exact) mass is 293 g/mol. The number of nitro benzene ring substituents is 1. The van der Waals surface area contributed by atoms with Crippen molar-refractivity contribution >= 4 is 17.3 Å². The van der Waals surface area contributed by atoms with E-state index in [-0.39, 0.29) is 17.3 Å². The van der Waals surface area contributed by atoms with E-state index in [9.17, 15) is 14.9 Å². The first-order valence-electron chi connectivity index (χ1n) is 7.22. The molecule has 21 heavy (non-hydrogen) atoms. The molecule has 0 aliphatic heterocycles. The number of carbonyl (C=O) groups excluding carboxylic acids is 1. The lowest BCUT2D eigenvalue weighted by Crippen LogP contribution is -2.15. The van der Waals surface area contributed by atoms with Gasteiger partial charge < -0.3 is 11.1 Å². The van der Waals surface area contributed by atoms with Gasteiger partial charge in [0.1, 0.15) is 5.69 Å². The van der Waals surface area contributed by atoms with Crippen molar-refractivity contribution < 1.29 is 9.72 Å². The van der Waals surface area contributed by atoms with Crippen molar-refractivity contribution in [3.8, 4) is 0 Å². The quantitative estimate of drug-likeness (QED) is 0.568. The van der Waals surface area contributed by atoms with Crippen molar-refractivity contribution in [3.05, 3.63) is 33.9 Å². The van der Waals surface area contributed by atoms with Crippen LogP contribution in [0.1, 0.15) is 38.2 Å². The van der Waals surface area contributed by atoms with Crippen LogP contribution in [0.4, 0.5) is 11.4 Å². The van der Waals surface area contributed by atoms with E-state index in [2.05, 4.69) is 12.2 Å². The van der Waals surface area contributed by atoms with Crippen LogP contribution in [-0.2, 0) is 4.79 Å². The van der Waals surface area contributed by atoms with Gasteiger partial charge in [-0.1, -0.05) is 19.4 Å². The predicted molar refractivity (Wildman–Crippen MR) is 83.1 cm³/mol. The Morgan fingerprint density at radius 3 is 2.71 bits per heavy atom. The van der Waals surface area contributed by atoms with Crippen LogP contribution in [-0.4, -0.2) is 17.4 Å². The maximum Gasteiger partial charge on any atom is 0.293 e. The van der Waals surface area contributed by atoms with Gasteiger partial charge in [0.2, 0.25) is 5.91 Å². The number of carbonyl (C=O) groups is 1. The van der Waals surface area contributed by atoms with Gasteiger partial charge in [0, 0.05) is 12.5 Å². The molecule has 6 heteroatoms. The standard InChI is InChI=1S/C15H23N3O3/c1-3-12(8-9-16)5-7-15(19)17-13-6-4-11(2)10-14(13)18(20)21/h4,6,10,12H,3,5,7-9,16H2,1-2H3,(H,17,19). The Morgan fingerprint density at radius 2 is 2.14 bits per heavy atom. The topological polar surface area (TPSA) is 98.3 Å². The molecule has 0 aliphatic carbocycles. The van der Waals surface area contributed by atoms with Crippen LogP contribution in [0.2, 0.25) is 0 Å². The maximum atomic E-state index is 11.9. The molecular weight excluding hydrogens is 270 g/mol. The number of nitro groups is 1. The molecule has 0 saturated carbocycles. The summed E-state index contributed by atoms with van der Waals surface area (Å²) in [5.74, 6) is 0.228. The van der Waals surface area contributed by atoms with Gasteiger partial charge in [-0.05, 0) is 43.9 Å². The molecule has 0 saturated heterocycles. The number of aryl methyl sites for hydroxylation is 1. The van der Waals surface area contributed by atoms with E-state index < -0.39 is 4.92 Å². The minimum atomic E-state index is -0.480. The SMILES string of the molecule is CCC(CCN)CCC(=O)Nc1ccc(C)cc1[N+](=O)[O-]. The fourth-order valence-electron chi connectivity index (χ4n) is 2.23. The van der Waals surface area contributed by atoms with Crippen LogP contribution in [0, 0.1) is 23.0 Å². The summed E-state index contributed by atoms with van der Waals surface area (Å²) in [4.78, 5) is 22.4. The van der Waals surface area contributed by atoms with Crippen molar-refractivity contribution in [3.63, 3.8) is 0 Å². The van der Waals surface area contributed by atoms with Crippen LogP contribution < -0.4 is 11.1 Å². The molecule has 0 aromatic heterocycles. The number of anilines is 1. The molecule has 1 rings (SSSR count). The lowest BCUT2D eigenvalue weighted by Gasteiger charge is -2.13. The third-order valence-corrected chi connectivity index (χ3v) is 3.56. The molecule has 0 bridgehead atoms. The number of hydrogen-bond acceptors (Lipinski definition) is 4. The van der Waals surface area contributed by atoms with E-state index in [4.69, 9.17) is 5.73 Å². The molecule has 0 aliphatic rings. The molecule has 0 radical (unpaired) electrons. The molecule has 1 aromatic rings. The maximum absolute atomic E-state index is 11.9. The molecule has 0 spiro atoms. The molecule has 1 amide bonds. The number of rotatable bonds is 8. The van der Waals surface area contributed by atoms with Crippen molar-refractivity contribution in [1.82, 2.24) is 0 Å². The summed E-state index contributed by atoms with van der Waals surface area (Å²) in [5, 5.41) is 13.6. The summed E-state index contributed by atoms with van der Waals surface area (Å²) < 4.78 is 0. The first kappa shape index (κ1) is 17.1. The average molecular weight is 293 g/mol. The van der Waals surface area contributed by atoms with Crippen LogP contribution in [0.5, 0.6) is 0 Å². The molecule has 1 aromatic carbocycles. The lowest BCUT2D eigenvalue weighted by atomic mass is 9.96. The fraction of sp³-hybridized carbons (Fsp3) is 0.533. The zero-order valence-electron chi connectivity index (χ0n) is 12.6. The molecule has 0 heterocycles. The van der Waals surface area contributed by atoms with Gasteiger partial charge in [0.05, 0.1) is 4.92 Å². The van der Waals surface area contributed by atoms with E-state index in [1.807, 2.05) is 0 Å². The third kappa shape index (κ3) is 5.51. The van der Waals surface area contributed by atoms with Crippen molar-refractivity contribution in [2.45, 2.75) is 39.5 Å². The Hall–Kier alpha value is -1.95. The number of nitrogens with zero attached hydrogens (tertiary/aromatic N) is 1. The van der Waals surface area contributed by atoms with Crippen molar-refractivity contribution in [2.75, 3.05) is 11.9 Å². The molecule has 3 N–H and O–H groups in total. The zero-order valence-corrected chi connectivity index (χ0v) is 12.6. The fourth-order valence-corrected chi connectivity index (χ4v) is 2.23. The van der Waals surface area contributed by atoms with E-state index in [0.29, 0.717) is 18.9 Å². The van der Waals surface area contributed by atoms with E-state index in [0.717, 1.165) is 24.8 Å². The van der Waals surface area contributed by atoms with Crippen LogP contribution >= 0.6 is 0 Å². The summed E-state index contributed by atoms with van der Waals surface area (Å²) >= 11 is 0. The van der Waals surface area contributed by atoms with Gasteiger partial charge in [0.15, 0.2) is 0 Å². The number of hydrogen-bond donors (Lipinski definition) is 2. The third-order valence-electron chi connectivity index (χ3n) is 3.56. The molecule has 6 nitrogen and oxygen atoms in total. The van der Waals surface area contributed by atoms with Gasteiger partial charge in [-0.15, -0.1) is 0 Å². The van der Waals surface area contributed by atoms with Gasteiger partial charge in [-0.25, -0.2) is 0 Å². The Morgan fingerprint density at radius 1 is 1.43 bits per heavy atom. The summed E-state index contributed by atoms with van der Waals surface area (Å²) in [7, 11) is 0. The average Bonchev–Trinajstić information content (AvgIpc) is 2.45. The number of amides is 1. The number of nitrogens with two attached hydrogens (primary N) is 1. The second kappa shape index (κ2) is 8.36. The molecule has 0 fully saturated rings. The number of benzene rings is 1.